The second-order valence-electron chi connectivity index (χ2n) is 3.44. The molecule has 2 aliphatic rings. The third kappa shape index (κ3) is 1.05. The molecule has 1 N–H and O–H groups in total. The molecule has 3 nitrogen and oxygen atoms in total. The van der Waals surface area contributed by atoms with Gasteiger partial charge in [-0.25, -0.2) is 0 Å². The van der Waals surface area contributed by atoms with Gasteiger partial charge in [0.25, 0.3) is 0 Å². The van der Waals surface area contributed by atoms with Gasteiger partial charge in [0.15, 0.2) is 0 Å². The summed E-state index contributed by atoms with van der Waals surface area (Å²) in [5.74, 6) is -0.657. The molecular weight excluding hydrogens is 156 g/mol. The average molecular weight is 168 g/mol. The van der Waals surface area contributed by atoms with E-state index >= 15 is 0 Å². The maximum atomic E-state index is 10.9. The molecule has 0 atom stereocenters. The van der Waals surface area contributed by atoms with Crippen LogP contribution in [-0.4, -0.2) is 24.3 Å². The lowest BCUT2D eigenvalue weighted by Gasteiger charge is -2.18. The van der Waals surface area contributed by atoms with Gasteiger partial charge in [-0.2, -0.15) is 0 Å². The third-order valence-corrected chi connectivity index (χ3v) is 2.74. The predicted molar refractivity (Wildman–Crippen MR) is 42.8 cm³/mol. The van der Waals surface area contributed by atoms with Crippen molar-refractivity contribution in [1.29, 1.82) is 0 Å². The summed E-state index contributed by atoms with van der Waals surface area (Å²) in [6.45, 7) is 1.27. The number of ether oxygens (including phenoxy) is 1. The molecule has 1 aliphatic carbocycles. The van der Waals surface area contributed by atoms with Gasteiger partial charge < -0.3 is 9.84 Å². The van der Waals surface area contributed by atoms with Crippen LogP contribution in [0.25, 0.3) is 0 Å². The van der Waals surface area contributed by atoms with Crippen LogP contribution in [0.2, 0.25) is 0 Å². The van der Waals surface area contributed by atoms with E-state index in [4.69, 9.17) is 9.84 Å². The van der Waals surface area contributed by atoms with Gasteiger partial charge in [0.2, 0.25) is 0 Å². The van der Waals surface area contributed by atoms with Gasteiger partial charge in [0, 0.05) is 0 Å². The smallest absolute Gasteiger partial charge is 0.313 e. The van der Waals surface area contributed by atoms with Crippen LogP contribution >= 0.6 is 0 Å². The highest BCUT2D eigenvalue weighted by Gasteiger charge is 2.52. The first-order valence-electron chi connectivity index (χ1n) is 4.26. The van der Waals surface area contributed by atoms with E-state index in [1.54, 1.807) is 0 Å². The molecule has 0 radical (unpaired) electrons. The highest BCUT2D eigenvalue weighted by molar-refractivity contribution is 5.82. The Morgan fingerprint density at radius 1 is 1.58 bits per heavy atom. The minimum absolute atomic E-state index is 0.482. The fourth-order valence-corrected chi connectivity index (χ4v) is 1.76. The maximum Gasteiger partial charge on any atom is 0.313 e. The van der Waals surface area contributed by atoms with Crippen LogP contribution in [0, 0.1) is 5.41 Å². The molecule has 0 amide bonds. The lowest BCUT2D eigenvalue weighted by atomic mass is 9.92. The highest BCUT2D eigenvalue weighted by atomic mass is 16.5. The molecule has 66 valence electrons. The predicted octanol–water partition coefficient (Wildman–Crippen LogP) is 1.20. The van der Waals surface area contributed by atoms with E-state index in [0.29, 0.717) is 13.2 Å². The van der Waals surface area contributed by atoms with Gasteiger partial charge in [0.05, 0.1) is 18.6 Å². The van der Waals surface area contributed by atoms with Crippen molar-refractivity contribution in [3.8, 4) is 0 Å². The first kappa shape index (κ1) is 7.80. The Labute approximate surface area is 71.0 Å². The molecule has 0 aromatic carbocycles. The Kier molecular flexibility index (Phi) is 1.68. The van der Waals surface area contributed by atoms with Crippen LogP contribution < -0.4 is 0 Å². The molecule has 0 unspecified atom stereocenters. The van der Waals surface area contributed by atoms with Gasteiger partial charge in [-0.05, 0) is 19.3 Å². The Morgan fingerprint density at radius 3 is 2.75 bits per heavy atom. The highest BCUT2D eigenvalue weighted by Crippen LogP contribution is 2.53. The molecule has 0 aromatic rings. The van der Waals surface area contributed by atoms with Crippen molar-refractivity contribution in [2.24, 2.45) is 5.41 Å². The Morgan fingerprint density at radius 2 is 2.33 bits per heavy atom. The first-order valence-corrected chi connectivity index (χ1v) is 4.26. The minimum Gasteiger partial charge on any atom is -0.481 e. The van der Waals surface area contributed by atoms with Crippen molar-refractivity contribution in [3.63, 3.8) is 0 Å². The summed E-state index contributed by atoms with van der Waals surface area (Å²) in [4.78, 5) is 10.9. The second-order valence-corrected chi connectivity index (χ2v) is 3.44. The Bertz CT molecular complexity index is 238. The van der Waals surface area contributed by atoms with E-state index in [-0.39, 0.29) is 0 Å². The number of aliphatic carboxylic acids is 1. The molecular formula is C9H12O3. The van der Waals surface area contributed by atoms with Crippen molar-refractivity contribution in [3.05, 3.63) is 11.6 Å². The topological polar surface area (TPSA) is 46.5 Å². The molecule has 2 rings (SSSR count). The summed E-state index contributed by atoms with van der Waals surface area (Å²) >= 11 is 0. The maximum absolute atomic E-state index is 10.9. The number of hydrogen-bond acceptors (Lipinski definition) is 2. The van der Waals surface area contributed by atoms with Crippen molar-refractivity contribution in [1.82, 2.24) is 0 Å². The van der Waals surface area contributed by atoms with E-state index in [1.165, 1.54) is 0 Å². The van der Waals surface area contributed by atoms with Crippen LogP contribution in [0.3, 0.4) is 0 Å². The molecule has 1 fully saturated rings. The minimum atomic E-state index is -0.657. The van der Waals surface area contributed by atoms with Crippen molar-refractivity contribution >= 4 is 5.97 Å². The molecule has 3 heteroatoms. The molecule has 12 heavy (non-hydrogen) atoms. The average Bonchev–Trinajstić information content (AvgIpc) is 2.86. The Balaban J connectivity index is 2.17. The van der Waals surface area contributed by atoms with E-state index < -0.39 is 11.4 Å². The fraction of sp³-hybridized carbons (Fsp3) is 0.667. The number of carboxylic acids is 1. The molecule has 0 aromatic heterocycles. The zero-order chi connectivity index (χ0) is 8.60. The SMILES string of the molecule is O=C(O)C1(C2=CCOCC2)CC1. The number of carboxylic acid groups (broad SMARTS) is 1. The number of hydrogen-bond donors (Lipinski definition) is 1. The largest absolute Gasteiger partial charge is 0.481 e. The van der Waals surface area contributed by atoms with Crippen LogP contribution in [0.1, 0.15) is 19.3 Å². The zero-order valence-electron chi connectivity index (χ0n) is 6.88. The number of rotatable bonds is 2. The van der Waals surface area contributed by atoms with Crippen LogP contribution in [-0.2, 0) is 9.53 Å². The summed E-state index contributed by atoms with van der Waals surface area (Å²) in [5, 5.41) is 8.97. The summed E-state index contributed by atoms with van der Waals surface area (Å²) in [7, 11) is 0. The van der Waals surface area contributed by atoms with Crippen LogP contribution in [0.15, 0.2) is 11.6 Å². The van der Waals surface area contributed by atoms with Gasteiger partial charge in [-0.3, -0.25) is 4.79 Å². The van der Waals surface area contributed by atoms with Crippen molar-refractivity contribution in [2.75, 3.05) is 13.2 Å². The van der Waals surface area contributed by atoms with E-state index in [9.17, 15) is 4.79 Å². The van der Waals surface area contributed by atoms with E-state index in [1.807, 2.05) is 6.08 Å². The molecule has 0 spiro atoms. The normalized spacial score (nSPS) is 26.2. The molecule has 1 heterocycles. The van der Waals surface area contributed by atoms with E-state index in [2.05, 4.69) is 0 Å². The summed E-state index contributed by atoms with van der Waals surface area (Å²) < 4.78 is 5.13. The first-order chi connectivity index (χ1) is 5.76. The Hall–Kier alpha value is -0.830. The van der Waals surface area contributed by atoms with Crippen LogP contribution in [0.5, 0.6) is 0 Å². The van der Waals surface area contributed by atoms with Gasteiger partial charge >= 0.3 is 5.97 Å². The van der Waals surface area contributed by atoms with Gasteiger partial charge in [-0.1, -0.05) is 11.6 Å². The van der Waals surface area contributed by atoms with Gasteiger partial charge in [0.1, 0.15) is 0 Å². The van der Waals surface area contributed by atoms with Crippen molar-refractivity contribution < 1.29 is 14.6 Å². The fourth-order valence-electron chi connectivity index (χ4n) is 1.76. The number of carbonyl (C=O) groups is 1. The summed E-state index contributed by atoms with van der Waals surface area (Å²) in [6, 6.07) is 0. The summed E-state index contributed by atoms with van der Waals surface area (Å²) in [6.07, 6.45) is 4.36. The van der Waals surface area contributed by atoms with Crippen LogP contribution in [0.4, 0.5) is 0 Å². The standard InChI is InChI=1S/C9H12O3/c10-8(11)9(3-4-9)7-1-5-12-6-2-7/h1H,2-6H2,(H,10,11). The molecule has 0 bridgehead atoms. The lowest BCUT2D eigenvalue weighted by molar-refractivity contribution is -0.141. The lowest BCUT2D eigenvalue weighted by Crippen LogP contribution is -2.21. The molecule has 1 saturated carbocycles. The zero-order valence-corrected chi connectivity index (χ0v) is 6.88. The second kappa shape index (κ2) is 2.59. The third-order valence-electron chi connectivity index (χ3n) is 2.74. The molecule has 1 aliphatic heterocycles. The quantitative estimate of drug-likeness (QED) is 0.630. The van der Waals surface area contributed by atoms with Crippen molar-refractivity contribution in [2.45, 2.75) is 19.3 Å². The monoisotopic (exact) mass is 168 g/mol. The van der Waals surface area contributed by atoms with Gasteiger partial charge in [-0.15, -0.1) is 0 Å². The molecule has 0 saturated heterocycles. The summed E-state index contributed by atoms with van der Waals surface area (Å²) in [5.41, 5.74) is 0.602. The van der Waals surface area contributed by atoms with E-state index in [0.717, 1.165) is 24.8 Å².